The smallest absolute Gasteiger partial charge is 0.194 e. The Kier molecular flexibility index (Phi) is 8.58. The minimum atomic E-state index is 0. The summed E-state index contributed by atoms with van der Waals surface area (Å²) >= 11 is 0. The number of aliphatic imine (C=N–C) groups is 1. The molecule has 1 spiro atoms. The van der Waals surface area contributed by atoms with Crippen LogP contribution in [0.25, 0.3) is 0 Å². The van der Waals surface area contributed by atoms with Crippen LogP contribution in [0.15, 0.2) is 29.3 Å². The zero-order chi connectivity index (χ0) is 19.2. The Hall–Kier alpha value is -0.900. The van der Waals surface area contributed by atoms with Crippen molar-refractivity contribution >= 4 is 29.9 Å². The van der Waals surface area contributed by atoms with Gasteiger partial charge in [-0.2, -0.15) is 0 Å². The van der Waals surface area contributed by atoms with Gasteiger partial charge in [-0.05, 0) is 30.9 Å². The molecule has 0 aromatic heterocycles. The molecule has 0 bridgehead atoms. The van der Waals surface area contributed by atoms with Crippen LogP contribution in [0.3, 0.4) is 0 Å². The van der Waals surface area contributed by atoms with Crippen LogP contribution < -0.4 is 5.32 Å². The highest BCUT2D eigenvalue weighted by Gasteiger charge is 2.42. The Morgan fingerprint density at radius 2 is 1.93 bits per heavy atom. The molecule has 0 amide bonds. The lowest BCUT2D eigenvalue weighted by Gasteiger charge is -2.26. The van der Waals surface area contributed by atoms with Gasteiger partial charge in [0.15, 0.2) is 5.96 Å². The maximum Gasteiger partial charge on any atom is 0.194 e. The summed E-state index contributed by atoms with van der Waals surface area (Å²) in [6.07, 6.45) is 2.40. The van der Waals surface area contributed by atoms with E-state index >= 15 is 0 Å². The van der Waals surface area contributed by atoms with Crippen molar-refractivity contribution in [2.24, 2.45) is 10.4 Å². The molecule has 6 nitrogen and oxygen atoms in total. The van der Waals surface area contributed by atoms with Gasteiger partial charge in [0.05, 0.1) is 26.4 Å². The highest BCUT2D eigenvalue weighted by atomic mass is 127. The fourth-order valence-corrected chi connectivity index (χ4v) is 4.52. The van der Waals surface area contributed by atoms with Crippen molar-refractivity contribution < 1.29 is 9.47 Å². The molecule has 3 heterocycles. The first-order valence-electron chi connectivity index (χ1n) is 10.8. The van der Waals surface area contributed by atoms with Crippen molar-refractivity contribution in [3.8, 4) is 0 Å². The fourth-order valence-electron chi connectivity index (χ4n) is 4.52. The lowest BCUT2D eigenvalue weighted by molar-refractivity contribution is 0.0342. The maximum absolute atomic E-state index is 5.68. The van der Waals surface area contributed by atoms with Gasteiger partial charge in [0.1, 0.15) is 0 Å². The number of guanidine groups is 1. The monoisotopic (exact) mass is 514 g/mol. The Morgan fingerprint density at radius 3 is 2.69 bits per heavy atom. The molecular weight excluding hydrogens is 479 g/mol. The summed E-state index contributed by atoms with van der Waals surface area (Å²) in [4.78, 5) is 9.85. The topological polar surface area (TPSA) is 49.3 Å². The normalized spacial score (nSPS) is 25.4. The summed E-state index contributed by atoms with van der Waals surface area (Å²) in [6, 6.07) is 8.87. The summed E-state index contributed by atoms with van der Waals surface area (Å²) < 4.78 is 11.1. The Morgan fingerprint density at radius 1 is 1.10 bits per heavy atom. The molecule has 162 valence electrons. The van der Waals surface area contributed by atoms with E-state index in [1.54, 1.807) is 0 Å². The second-order valence-corrected chi connectivity index (χ2v) is 8.35. The fraction of sp³-hybridized carbons (Fsp3) is 0.682. The molecule has 0 aliphatic carbocycles. The van der Waals surface area contributed by atoms with E-state index in [0.29, 0.717) is 5.41 Å². The van der Waals surface area contributed by atoms with Crippen LogP contribution in [0.5, 0.6) is 0 Å². The predicted molar refractivity (Wildman–Crippen MR) is 127 cm³/mol. The van der Waals surface area contributed by atoms with Crippen LogP contribution in [0.4, 0.5) is 0 Å². The van der Waals surface area contributed by atoms with Gasteiger partial charge < -0.3 is 19.7 Å². The summed E-state index contributed by atoms with van der Waals surface area (Å²) in [5.74, 6) is 1.05. The SMILES string of the molecule is CCNC(=NCc1cccc(CN2CCOCC2)c1)N1CCC2(CCOC2)C1.I. The van der Waals surface area contributed by atoms with Crippen LogP contribution in [0.2, 0.25) is 0 Å². The predicted octanol–water partition coefficient (Wildman–Crippen LogP) is 2.71. The Bertz CT molecular complexity index is 673. The van der Waals surface area contributed by atoms with E-state index in [1.807, 2.05) is 0 Å². The molecule has 3 saturated heterocycles. The summed E-state index contributed by atoms with van der Waals surface area (Å²) in [6.45, 7) is 12.5. The van der Waals surface area contributed by atoms with Crippen molar-refractivity contribution in [2.45, 2.75) is 32.9 Å². The summed E-state index contributed by atoms with van der Waals surface area (Å²) in [5.41, 5.74) is 3.00. The van der Waals surface area contributed by atoms with Gasteiger partial charge >= 0.3 is 0 Å². The highest BCUT2D eigenvalue weighted by Crippen LogP contribution is 2.38. The molecule has 1 N–H and O–H groups in total. The van der Waals surface area contributed by atoms with E-state index in [-0.39, 0.29) is 24.0 Å². The zero-order valence-electron chi connectivity index (χ0n) is 17.6. The van der Waals surface area contributed by atoms with E-state index in [1.165, 1.54) is 24.0 Å². The molecule has 1 atom stereocenters. The number of likely N-dealkylation sites (tertiary alicyclic amines) is 1. The average molecular weight is 514 g/mol. The average Bonchev–Trinajstić information content (AvgIpc) is 3.36. The number of hydrogen-bond donors (Lipinski definition) is 1. The third-order valence-electron chi connectivity index (χ3n) is 6.17. The Balaban J connectivity index is 0.00000240. The first kappa shape index (κ1) is 22.8. The van der Waals surface area contributed by atoms with E-state index in [9.17, 15) is 0 Å². The standard InChI is InChI=1S/C22H34N4O2.HI/c1-2-23-21(26-8-6-22(17-26)7-11-28-18-22)24-15-19-4-3-5-20(14-19)16-25-9-12-27-13-10-25;/h3-5,14H,2,6-13,15-18H2,1H3,(H,23,24);1H. The van der Waals surface area contributed by atoms with Gasteiger partial charge in [0.25, 0.3) is 0 Å². The molecule has 4 rings (SSSR count). The first-order valence-corrected chi connectivity index (χ1v) is 10.8. The number of ether oxygens (including phenoxy) is 2. The van der Waals surface area contributed by atoms with E-state index in [0.717, 1.165) is 78.2 Å². The van der Waals surface area contributed by atoms with Crippen molar-refractivity contribution in [3.63, 3.8) is 0 Å². The zero-order valence-corrected chi connectivity index (χ0v) is 19.9. The van der Waals surface area contributed by atoms with Crippen LogP contribution >= 0.6 is 24.0 Å². The van der Waals surface area contributed by atoms with Crippen molar-refractivity contribution in [2.75, 3.05) is 59.2 Å². The molecule has 1 aromatic carbocycles. The van der Waals surface area contributed by atoms with E-state index in [2.05, 4.69) is 46.3 Å². The number of rotatable bonds is 5. The first-order chi connectivity index (χ1) is 13.8. The highest BCUT2D eigenvalue weighted by molar-refractivity contribution is 14.0. The van der Waals surface area contributed by atoms with E-state index < -0.39 is 0 Å². The van der Waals surface area contributed by atoms with Gasteiger partial charge in [-0.25, -0.2) is 4.99 Å². The molecule has 0 saturated carbocycles. The molecule has 7 heteroatoms. The maximum atomic E-state index is 5.68. The number of nitrogens with zero attached hydrogens (tertiary/aromatic N) is 3. The van der Waals surface area contributed by atoms with Crippen LogP contribution in [0.1, 0.15) is 30.9 Å². The lowest BCUT2D eigenvalue weighted by Crippen LogP contribution is -2.41. The molecule has 3 fully saturated rings. The second kappa shape index (κ2) is 10.9. The minimum absolute atomic E-state index is 0. The summed E-state index contributed by atoms with van der Waals surface area (Å²) in [7, 11) is 0. The van der Waals surface area contributed by atoms with Crippen molar-refractivity contribution in [1.29, 1.82) is 0 Å². The molecular formula is C22H35IN4O2. The molecule has 1 aromatic rings. The Labute approximate surface area is 192 Å². The van der Waals surface area contributed by atoms with Gasteiger partial charge in [0.2, 0.25) is 0 Å². The molecule has 29 heavy (non-hydrogen) atoms. The third-order valence-corrected chi connectivity index (χ3v) is 6.17. The van der Waals surface area contributed by atoms with Crippen molar-refractivity contribution in [1.82, 2.24) is 15.1 Å². The van der Waals surface area contributed by atoms with Crippen LogP contribution in [-0.4, -0.2) is 74.9 Å². The third kappa shape index (κ3) is 6.06. The molecule has 3 aliphatic rings. The quantitative estimate of drug-likeness (QED) is 0.372. The number of nitrogens with one attached hydrogen (secondary N) is 1. The van der Waals surface area contributed by atoms with Crippen LogP contribution in [-0.2, 0) is 22.6 Å². The van der Waals surface area contributed by atoms with E-state index in [4.69, 9.17) is 14.5 Å². The van der Waals surface area contributed by atoms with Gasteiger partial charge in [-0.1, -0.05) is 24.3 Å². The number of halogens is 1. The largest absolute Gasteiger partial charge is 0.381 e. The second-order valence-electron chi connectivity index (χ2n) is 8.35. The van der Waals surface area contributed by atoms with Crippen LogP contribution in [0, 0.1) is 5.41 Å². The summed E-state index contributed by atoms with van der Waals surface area (Å²) in [5, 5.41) is 3.49. The lowest BCUT2D eigenvalue weighted by atomic mass is 9.87. The number of hydrogen-bond acceptors (Lipinski definition) is 4. The van der Waals surface area contributed by atoms with Gasteiger partial charge in [0, 0.05) is 51.3 Å². The van der Waals surface area contributed by atoms with Gasteiger partial charge in [-0.3, -0.25) is 4.90 Å². The molecule has 3 aliphatic heterocycles. The number of morpholine rings is 1. The van der Waals surface area contributed by atoms with Gasteiger partial charge in [-0.15, -0.1) is 24.0 Å². The van der Waals surface area contributed by atoms with Crippen molar-refractivity contribution in [3.05, 3.63) is 35.4 Å². The minimum Gasteiger partial charge on any atom is -0.381 e. The number of benzene rings is 1. The molecule has 1 unspecified atom stereocenters. The molecule has 0 radical (unpaired) electrons.